The number of benzene rings is 2. The fraction of sp³-hybridized carbons (Fsp3) is 0. The third-order valence-electron chi connectivity index (χ3n) is 2.39. The van der Waals surface area contributed by atoms with Crippen LogP contribution in [0.15, 0.2) is 42.5 Å². The molecule has 2 N–H and O–H groups in total. The van der Waals surface area contributed by atoms with Crippen LogP contribution in [0, 0.1) is 10.1 Å². The first-order valence-electron chi connectivity index (χ1n) is 4.85. The Labute approximate surface area is 96.7 Å². The molecule has 0 fully saturated rings. The molecule has 0 heterocycles. The minimum atomic E-state index is -0.668. The number of nitro groups is 1. The second-order valence-corrected chi connectivity index (χ2v) is 3.48. The third-order valence-corrected chi connectivity index (χ3v) is 2.39. The molecule has 0 unspecified atom stereocenters. The van der Waals surface area contributed by atoms with Crippen molar-refractivity contribution in [1.29, 1.82) is 0 Å². The van der Waals surface area contributed by atoms with Crippen molar-refractivity contribution in [2.24, 2.45) is 0 Å². The van der Waals surface area contributed by atoms with Crippen LogP contribution in [0.4, 0.5) is 5.69 Å². The molecule has 5 heteroatoms. The summed E-state index contributed by atoms with van der Waals surface area (Å²) in [4.78, 5) is 10.0. The van der Waals surface area contributed by atoms with Crippen LogP contribution in [0.3, 0.4) is 0 Å². The average molecular weight is 231 g/mol. The number of hydrogen-bond donors (Lipinski definition) is 2. The molecule has 0 saturated carbocycles. The van der Waals surface area contributed by atoms with Crippen molar-refractivity contribution < 1.29 is 15.1 Å². The summed E-state index contributed by atoms with van der Waals surface area (Å²) in [6.45, 7) is 0. The monoisotopic (exact) mass is 231 g/mol. The van der Waals surface area contributed by atoms with Gasteiger partial charge in [-0.05, 0) is 17.7 Å². The maximum Gasteiger partial charge on any atom is 0.311 e. The van der Waals surface area contributed by atoms with Gasteiger partial charge in [0.2, 0.25) is 0 Å². The molecule has 2 rings (SSSR count). The van der Waals surface area contributed by atoms with Crippen molar-refractivity contribution in [3.05, 3.63) is 52.6 Å². The minimum absolute atomic E-state index is 0.0347. The molecule has 0 radical (unpaired) electrons. The van der Waals surface area contributed by atoms with E-state index in [2.05, 4.69) is 0 Å². The molecule has 5 nitrogen and oxygen atoms in total. The van der Waals surface area contributed by atoms with Crippen LogP contribution in [-0.2, 0) is 0 Å². The predicted molar refractivity (Wildman–Crippen MR) is 61.9 cm³/mol. The first kappa shape index (κ1) is 10.9. The zero-order chi connectivity index (χ0) is 12.4. The van der Waals surface area contributed by atoms with Gasteiger partial charge >= 0.3 is 5.69 Å². The molecule has 2 aromatic carbocycles. The average Bonchev–Trinajstić information content (AvgIpc) is 2.30. The Kier molecular flexibility index (Phi) is 2.66. The summed E-state index contributed by atoms with van der Waals surface area (Å²) in [5, 5.41) is 29.6. The zero-order valence-electron chi connectivity index (χ0n) is 8.70. The van der Waals surface area contributed by atoms with Crippen LogP contribution in [0.2, 0.25) is 0 Å². The van der Waals surface area contributed by atoms with Crippen LogP contribution in [0.5, 0.6) is 11.5 Å². The van der Waals surface area contributed by atoms with E-state index in [1.54, 1.807) is 18.2 Å². The Morgan fingerprint density at radius 3 is 2.35 bits per heavy atom. The van der Waals surface area contributed by atoms with E-state index in [-0.39, 0.29) is 11.4 Å². The molecule has 0 saturated heterocycles. The van der Waals surface area contributed by atoms with Crippen molar-refractivity contribution in [2.45, 2.75) is 0 Å². The molecule has 17 heavy (non-hydrogen) atoms. The summed E-state index contributed by atoms with van der Waals surface area (Å²) in [6, 6.07) is 10.5. The first-order chi connectivity index (χ1) is 8.09. The molecule has 0 aliphatic heterocycles. The standard InChI is InChI=1S/C12H9NO4/c14-11-4-2-1-3-9(11)8-5-6-12(15)10(7-8)13(16)17/h1-7,14-15H. The highest BCUT2D eigenvalue weighted by molar-refractivity contribution is 5.73. The lowest BCUT2D eigenvalue weighted by Gasteiger charge is -2.04. The summed E-state index contributed by atoms with van der Waals surface area (Å²) in [6.07, 6.45) is 0. The maximum absolute atomic E-state index is 10.7. The summed E-state index contributed by atoms with van der Waals surface area (Å²) in [5.74, 6) is -0.360. The van der Waals surface area contributed by atoms with Crippen molar-refractivity contribution in [3.8, 4) is 22.6 Å². The number of hydrogen-bond acceptors (Lipinski definition) is 4. The molecule has 0 aromatic heterocycles. The lowest BCUT2D eigenvalue weighted by molar-refractivity contribution is -0.385. The van der Waals surface area contributed by atoms with Crippen LogP contribution in [-0.4, -0.2) is 15.1 Å². The van der Waals surface area contributed by atoms with Crippen molar-refractivity contribution in [1.82, 2.24) is 0 Å². The highest BCUT2D eigenvalue weighted by Gasteiger charge is 2.15. The van der Waals surface area contributed by atoms with Crippen LogP contribution < -0.4 is 0 Å². The van der Waals surface area contributed by atoms with E-state index in [1.165, 1.54) is 24.3 Å². The van der Waals surface area contributed by atoms with Crippen molar-refractivity contribution in [3.63, 3.8) is 0 Å². The van der Waals surface area contributed by atoms with Crippen LogP contribution in [0.25, 0.3) is 11.1 Å². The largest absolute Gasteiger partial charge is 0.507 e. The van der Waals surface area contributed by atoms with Gasteiger partial charge in [-0.15, -0.1) is 0 Å². The summed E-state index contributed by atoms with van der Waals surface area (Å²) in [5.41, 5.74) is 0.578. The molecule has 2 aromatic rings. The Hall–Kier alpha value is -2.56. The smallest absolute Gasteiger partial charge is 0.311 e. The molecule has 0 aliphatic rings. The molecular formula is C12H9NO4. The van der Waals surface area contributed by atoms with E-state index in [9.17, 15) is 20.3 Å². The topological polar surface area (TPSA) is 83.6 Å². The second kappa shape index (κ2) is 4.13. The summed E-state index contributed by atoms with van der Waals surface area (Å²) < 4.78 is 0. The fourth-order valence-corrected chi connectivity index (χ4v) is 1.55. The van der Waals surface area contributed by atoms with Gasteiger partial charge in [0.1, 0.15) is 5.75 Å². The zero-order valence-corrected chi connectivity index (χ0v) is 8.70. The number of aromatic hydroxyl groups is 2. The fourth-order valence-electron chi connectivity index (χ4n) is 1.55. The molecule has 86 valence electrons. The number of rotatable bonds is 2. The quantitative estimate of drug-likeness (QED) is 0.614. The lowest BCUT2D eigenvalue weighted by atomic mass is 10.0. The normalized spacial score (nSPS) is 10.1. The van der Waals surface area contributed by atoms with Crippen LogP contribution >= 0.6 is 0 Å². The number of nitro benzene ring substituents is 1. The van der Waals surface area contributed by atoms with Gasteiger partial charge in [-0.2, -0.15) is 0 Å². The lowest BCUT2D eigenvalue weighted by Crippen LogP contribution is -1.89. The molecular weight excluding hydrogens is 222 g/mol. The third kappa shape index (κ3) is 2.03. The molecule has 0 spiro atoms. The van der Waals surface area contributed by atoms with Crippen LogP contribution in [0.1, 0.15) is 0 Å². The number of phenols is 2. The minimum Gasteiger partial charge on any atom is -0.507 e. The Balaban J connectivity index is 2.58. The van der Waals surface area contributed by atoms with Gasteiger partial charge in [0, 0.05) is 11.6 Å². The van der Waals surface area contributed by atoms with E-state index >= 15 is 0 Å². The van der Waals surface area contributed by atoms with Gasteiger partial charge in [-0.1, -0.05) is 24.3 Å². The SMILES string of the molecule is O=[N+]([O-])c1cc(-c2ccccc2O)ccc1O. The van der Waals surface area contributed by atoms with E-state index < -0.39 is 10.7 Å². The number of phenolic OH excluding ortho intramolecular Hbond substituents is 2. The van der Waals surface area contributed by atoms with Gasteiger partial charge in [-0.3, -0.25) is 10.1 Å². The van der Waals surface area contributed by atoms with Gasteiger partial charge in [0.05, 0.1) is 4.92 Å². The number of nitrogens with zero attached hydrogens (tertiary/aromatic N) is 1. The second-order valence-electron chi connectivity index (χ2n) is 3.48. The Bertz CT molecular complexity index is 580. The maximum atomic E-state index is 10.7. The molecule has 0 aliphatic carbocycles. The van der Waals surface area contributed by atoms with E-state index in [4.69, 9.17) is 0 Å². The van der Waals surface area contributed by atoms with Gasteiger partial charge in [0.25, 0.3) is 0 Å². The number of para-hydroxylation sites is 1. The van der Waals surface area contributed by atoms with Gasteiger partial charge in [0.15, 0.2) is 5.75 Å². The molecule has 0 amide bonds. The van der Waals surface area contributed by atoms with Crippen molar-refractivity contribution in [2.75, 3.05) is 0 Å². The molecule has 0 bridgehead atoms. The van der Waals surface area contributed by atoms with E-state index in [1.807, 2.05) is 0 Å². The highest BCUT2D eigenvalue weighted by Crippen LogP contribution is 2.34. The van der Waals surface area contributed by atoms with Crippen molar-refractivity contribution >= 4 is 5.69 Å². The van der Waals surface area contributed by atoms with Gasteiger partial charge < -0.3 is 10.2 Å². The van der Waals surface area contributed by atoms with E-state index in [0.29, 0.717) is 11.1 Å². The summed E-state index contributed by atoms with van der Waals surface area (Å²) in [7, 11) is 0. The summed E-state index contributed by atoms with van der Waals surface area (Å²) >= 11 is 0. The van der Waals surface area contributed by atoms with Gasteiger partial charge in [-0.25, -0.2) is 0 Å². The first-order valence-corrected chi connectivity index (χ1v) is 4.85. The Morgan fingerprint density at radius 1 is 1.00 bits per heavy atom. The highest BCUT2D eigenvalue weighted by atomic mass is 16.6. The van der Waals surface area contributed by atoms with E-state index in [0.717, 1.165) is 0 Å². The predicted octanol–water partition coefficient (Wildman–Crippen LogP) is 2.67. The molecule has 0 atom stereocenters. The Morgan fingerprint density at radius 2 is 1.71 bits per heavy atom.